The van der Waals surface area contributed by atoms with Crippen LogP contribution in [0.25, 0.3) is 0 Å². The second-order valence-corrected chi connectivity index (χ2v) is 9.95. The van der Waals surface area contributed by atoms with Crippen molar-refractivity contribution in [1.82, 2.24) is 4.31 Å². The fourth-order valence-corrected chi connectivity index (χ4v) is 5.26. The zero-order chi connectivity index (χ0) is 19.2. The molecular weight excluding hydrogens is 446 g/mol. The average Bonchev–Trinajstić information content (AvgIpc) is 3.18. The van der Waals surface area contributed by atoms with Crippen molar-refractivity contribution in [3.05, 3.63) is 34.1 Å². The summed E-state index contributed by atoms with van der Waals surface area (Å²) in [5.74, 6) is 0.107. The second-order valence-electron chi connectivity index (χ2n) is 7.39. The molecule has 4 nitrogen and oxygen atoms in total. The molecule has 0 radical (unpaired) electrons. The highest BCUT2D eigenvalue weighted by molar-refractivity contribution is 9.10. The van der Waals surface area contributed by atoms with E-state index in [0.29, 0.717) is 11.5 Å². The van der Waals surface area contributed by atoms with Gasteiger partial charge >= 0.3 is 6.09 Å². The van der Waals surface area contributed by atoms with Gasteiger partial charge in [-0.15, -0.1) is 3.89 Å². The Hall–Kier alpha value is -0.800. The van der Waals surface area contributed by atoms with Gasteiger partial charge in [-0.05, 0) is 44.9 Å². The summed E-state index contributed by atoms with van der Waals surface area (Å²) in [6.45, 7) is 7.19. The number of halogens is 3. The van der Waals surface area contributed by atoms with Crippen LogP contribution in [0, 0.1) is 17.7 Å². The van der Waals surface area contributed by atoms with Crippen molar-refractivity contribution in [3.8, 4) is 0 Å². The molecule has 1 saturated carbocycles. The Bertz CT molecular complexity index is 757. The van der Waals surface area contributed by atoms with E-state index in [1.807, 2.05) is 0 Å². The summed E-state index contributed by atoms with van der Waals surface area (Å²) in [5, 5.41) is 0.379. The normalized spacial score (nSPS) is 27.4. The molecule has 9 heteroatoms. The molecule has 0 aromatic heterocycles. The first-order valence-corrected chi connectivity index (χ1v) is 10.5. The van der Waals surface area contributed by atoms with Crippen molar-refractivity contribution in [2.75, 3.05) is 0 Å². The molecule has 1 aliphatic heterocycles. The minimum atomic E-state index is -0.823. The minimum Gasteiger partial charge on any atom is -0.443 e. The highest BCUT2D eigenvalue weighted by Gasteiger charge is 2.57. The second kappa shape index (κ2) is 7.31. The molecule has 2 aliphatic rings. The lowest BCUT2D eigenvalue weighted by atomic mass is 10.0. The van der Waals surface area contributed by atoms with E-state index in [2.05, 4.69) is 27.8 Å². The Morgan fingerprint density at radius 2 is 2.12 bits per heavy atom. The van der Waals surface area contributed by atoms with Crippen LogP contribution in [0.1, 0.15) is 39.3 Å². The first-order valence-electron chi connectivity index (χ1n) is 8.13. The Labute approximate surface area is 168 Å². The van der Waals surface area contributed by atoms with Crippen molar-refractivity contribution in [2.24, 2.45) is 16.8 Å². The Balaban J connectivity index is 1.93. The number of benzene rings is 1. The number of thioether (sulfide) groups is 1. The molecule has 4 atom stereocenters. The maximum Gasteiger partial charge on any atom is 0.428 e. The van der Waals surface area contributed by atoms with Crippen LogP contribution >= 0.6 is 40.0 Å². The topological polar surface area (TPSA) is 41.9 Å². The van der Waals surface area contributed by atoms with E-state index in [1.54, 1.807) is 32.9 Å². The zero-order valence-electron chi connectivity index (χ0n) is 14.7. The highest BCUT2D eigenvalue weighted by Crippen LogP contribution is 2.60. The Kier molecular flexibility index (Phi) is 5.61. The van der Waals surface area contributed by atoms with Gasteiger partial charge in [-0.25, -0.2) is 9.18 Å². The van der Waals surface area contributed by atoms with Crippen LogP contribution < -0.4 is 0 Å². The van der Waals surface area contributed by atoms with Gasteiger partial charge in [-0.1, -0.05) is 34.6 Å². The van der Waals surface area contributed by atoms with Gasteiger partial charge in [0.15, 0.2) is 17.5 Å². The van der Waals surface area contributed by atoms with E-state index in [4.69, 9.17) is 4.74 Å². The van der Waals surface area contributed by atoms with Crippen molar-refractivity contribution in [3.63, 3.8) is 0 Å². The number of nitrogens with zero attached hydrogens (tertiary/aromatic N) is 2. The minimum absolute atomic E-state index is 0.164. The molecule has 0 saturated heterocycles. The summed E-state index contributed by atoms with van der Waals surface area (Å²) < 4.78 is 34.7. The molecule has 0 bridgehead atoms. The van der Waals surface area contributed by atoms with E-state index in [0.717, 1.165) is 8.78 Å². The third-order valence-corrected chi connectivity index (χ3v) is 6.88. The summed E-state index contributed by atoms with van der Waals surface area (Å²) >= 11 is 4.46. The van der Waals surface area contributed by atoms with Crippen LogP contribution in [0.4, 0.5) is 13.1 Å². The number of rotatable bonds is 2. The number of fused-ring (bicyclic) bond motifs is 1. The number of hydrogen-bond donors (Lipinski definition) is 0. The molecular formula is C17H19BrF2N2O2S2. The molecule has 1 aliphatic carbocycles. The number of aliphatic imine (C=N–C) groups is 1. The number of carbonyl (C=O) groups excluding carboxylic acids is 1. The third-order valence-electron chi connectivity index (χ3n) is 4.30. The smallest absolute Gasteiger partial charge is 0.428 e. The van der Waals surface area contributed by atoms with Crippen molar-refractivity contribution in [1.29, 1.82) is 0 Å². The maximum absolute atomic E-state index is 14.4. The van der Waals surface area contributed by atoms with Gasteiger partial charge in [0, 0.05) is 21.2 Å². The van der Waals surface area contributed by atoms with Gasteiger partial charge in [-0.2, -0.15) is 4.31 Å². The van der Waals surface area contributed by atoms with Crippen LogP contribution in [0.2, 0.25) is 0 Å². The lowest BCUT2D eigenvalue weighted by molar-refractivity contribution is 0.0473. The maximum atomic E-state index is 14.4. The molecule has 0 N–H and O–H groups in total. The van der Waals surface area contributed by atoms with Crippen LogP contribution in [0.3, 0.4) is 0 Å². The van der Waals surface area contributed by atoms with Crippen LogP contribution in [-0.2, 0) is 4.74 Å². The van der Waals surface area contributed by atoms with E-state index in [9.17, 15) is 13.1 Å². The lowest BCUT2D eigenvalue weighted by Gasteiger charge is -2.27. The quantitative estimate of drug-likeness (QED) is 0.493. The summed E-state index contributed by atoms with van der Waals surface area (Å²) in [5.41, 5.74) is -0.305. The summed E-state index contributed by atoms with van der Waals surface area (Å²) in [4.78, 5) is 16.9. The first-order chi connectivity index (χ1) is 12.1. The van der Waals surface area contributed by atoms with Gasteiger partial charge in [0.05, 0.1) is 6.04 Å². The predicted octanol–water partition coefficient (Wildman–Crippen LogP) is 6.14. The average molecular weight is 465 g/mol. The number of amidine groups is 1. The molecule has 0 spiro atoms. The lowest BCUT2D eigenvalue weighted by Crippen LogP contribution is -2.36. The van der Waals surface area contributed by atoms with Gasteiger partial charge in [-0.3, -0.25) is 4.99 Å². The van der Waals surface area contributed by atoms with Crippen molar-refractivity contribution >= 4 is 51.3 Å². The Morgan fingerprint density at radius 1 is 1.42 bits per heavy atom. The SMILES string of the molecule is CC1C2SC(N(SF)C(=O)OC(C)(C)C)=NC(c3cc(Br)ccc3F)C12. The standard InChI is InChI=1S/C17H19BrF2N2O2S2/c1-8-12-13(10-7-9(18)5-6-11(10)19)21-15(25-14(8)12)22(26-20)16(23)24-17(2,3)4/h5-8,12-14H,1-4H3. The van der Waals surface area contributed by atoms with E-state index < -0.39 is 17.7 Å². The number of hydrogen-bond acceptors (Lipinski definition) is 5. The first kappa shape index (κ1) is 19.9. The molecule has 26 heavy (non-hydrogen) atoms. The van der Waals surface area contributed by atoms with E-state index >= 15 is 0 Å². The molecule has 1 aromatic carbocycles. The molecule has 3 rings (SSSR count). The van der Waals surface area contributed by atoms with Crippen molar-refractivity contribution in [2.45, 2.75) is 44.6 Å². The van der Waals surface area contributed by atoms with Crippen molar-refractivity contribution < 1.29 is 17.8 Å². The molecule has 1 aromatic rings. The Morgan fingerprint density at radius 3 is 2.73 bits per heavy atom. The fourth-order valence-electron chi connectivity index (χ4n) is 3.02. The van der Waals surface area contributed by atoms with Gasteiger partial charge in [0.25, 0.3) is 0 Å². The third kappa shape index (κ3) is 4.04. The number of amides is 1. The van der Waals surface area contributed by atoms with Crippen LogP contribution in [-0.4, -0.2) is 26.4 Å². The summed E-state index contributed by atoms with van der Waals surface area (Å²) in [7, 11) is 0. The monoisotopic (exact) mass is 464 g/mol. The van der Waals surface area contributed by atoms with Gasteiger partial charge < -0.3 is 4.74 Å². The van der Waals surface area contributed by atoms with E-state index in [-0.39, 0.29) is 34.5 Å². The fraction of sp³-hybridized carbons (Fsp3) is 0.529. The largest absolute Gasteiger partial charge is 0.443 e. The van der Waals surface area contributed by atoms with Gasteiger partial charge in [0.1, 0.15) is 11.4 Å². The number of ether oxygens (including phenoxy) is 1. The van der Waals surface area contributed by atoms with E-state index in [1.165, 1.54) is 17.8 Å². The molecule has 1 fully saturated rings. The molecule has 1 amide bonds. The highest BCUT2D eigenvalue weighted by atomic mass is 79.9. The molecule has 142 valence electrons. The summed E-state index contributed by atoms with van der Waals surface area (Å²) in [6.07, 6.45) is -0.823. The van der Waals surface area contributed by atoms with Gasteiger partial charge in [0.2, 0.25) is 0 Å². The molecule has 4 unspecified atom stereocenters. The summed E-state index contributed by atoms with van der Waals surface area (Å²) in [6, 6.07) is 4.24. The molecule has 1 heterocycles. The van der Waals surface area contributed by atoms with Crippen LogP contribution in [0.15, 0.2) is 27.7 Å². The van der Waals surface area contributed by atoms with Crippen LogP contribution in [0.5, 0.6) is 0 Å². The zero-order valence-corrected chi connectivity index (χ0v) is 17.9. The predicted molar refractivity (Wildman–Crippen MR) is 105 cm³/mol. The number of carbonyl (C=O) groups is 1.